The van der Waals surface area contributed by atoms with Crippen molar-refractivity contribution in [3.63, 3.8) is 0 Å². The Morgan fingerprint density at radius 2 is 1.88 bits per heavy atom. The van der Waals surface area contributed by atoms with E-state index in [0.717, 1.165) is 6.42 Å². The fourth-order valence-electron chi connectivity index (χ4n) is 2.41. The first-order valence-electron chi connectivity index (χ1n) is 6.06. The molecule has 2 aliphatic rings. The summed E-state index contributed by atoms with van der Waals surface area (Å²) in [5.41, 5.74) is -0.448. The molecule has 0 bridgehead atoms. The van der Waals surface area contributed by atoms with Gasteiger partial charge >= 0.3 is 12.1 Å². The molecule has 0 aromatic carbocycles. The summed E-state index contributed by atoms with van der Waals surface area (Å²) in [6, 6.07) is 0. The summed E-state index contributed by atoms with van der Waals surface area (Å²) in [4.78, 5) is 24.2. The molecule has 1 aliphatic heterocycles. The number of carbonyl (C=O) groups is 2. The fourth-order valence-corrected chi connectivity index (χ4v) is 2.41. The van der Waals surface area contributed by atoms with Crippen LogP contribution in [0.3, 0.4) is 0 Å². The third-order valence-corrected chi connectivity index (χ3v) is 3.95. The first-order chi connectivity index (χ1) is 7.85. The number of carboxylic acids is 1. The second-order valence-corrected chi connectivity index (χ2v) is 5.58. The summed E-state index contributed by atoms with van der Waals surface area (Å²) in [6.45, 7) is 6.78. The molecule has 1 N–H and O–H groups in total. The minimum absolute atomic E-state index is 0.143. The average Bonchev–Trinajstić information content (AvgIpc) is 2.74. The van der Waals surface area contributed by atoms with Crippen LogP contribution in [0.4, 0.5) is 4.79 Å². The Balaban J connectivity index is 1.84. The van der Waals surface area contributed by atoms with Crippen molar-refractivity contribution in [1.29, 1.82) is 0 Å². The molecule has 96 valence electrons. The van der Waals surface area contributed by atoms with Crippen molar-refractivity contribution in [3.8, 4) is 0 Å². The van der Waals surface area contributed by atoms with Crippen LogP contribution in [0.25, 0.3) is 0 Å². The summed E-state index contributed by atoms with van der Waals surface area (Å²) in [6.07, 6.45) is 0.449. The van der Waals surface area contributed by atoms with Crippen LogP contribution in [0.5, 0.6) is 0 Å². The molecule has 1 aliphatic carbocycles. The second kappa shape index (κ2) is 3.89. The molecule has 0 aromatic heterocycles. The third kappa shape index (κ3) is 2.23. The highest BCUT2D eigenvalue weighted by atomic mass is 16.6. The monoisotopic (exact) mass is 241 g/mol. The van der Waals surface area contributed by atoms with E-state index in [1.165, 1.54) is 0 Å². The first kappa shape index (κ1) is 12.2. The van der Waals surface area contributed by atoms with Gasteiger partial charge in [-0.3, -0.25) is 4.79 Å². The van der Waals surface area contributed by atoms with Crippen LogP contribution in [0.2, 0.25) is 0 Å². The number of carbonyl (C=O) groups excluding carboxylic acids is 1. The first-order valence-corrected chi connectivity index (χ1v) is 6.06. The molecular formula is C12H19NO4. The van der Waals surface area contributed by atoms with Crippen molar-refractivity contribution in [2.24, 2.45) is 17.8 Å². The number of fused-ring (bicyclic) bond motifs is 1. The average molecular weight is 241 g/mol. The maximum absolute atomic E-state index is 11.8. The van der Waals surface area contributed by atoms with Crippen LogP contribution in [0.15, 0.2) is 0 Å². The number of carboxylic acid groups (broad SMARTS) is 1. The number of piperidine rings is 1. The zero-order chi connectivity index (χ0) is 12.8. The summed E-state index contributed by atoms with van der Waals surface area (Å²) in [5.74, 6) is -0.685. The smallest absolute Gasteiger partial charge is 0.410 e. The largest absolute Gasteiger partial charge is 0.481 e. The standard InChI is InChI=1S/C12H19NO4/c1-4-12(2,3)17-11(16)13-5-7-8(6-13)9(7)10(14)15/h7-9H,4-6H2,1-3H3,(H,14,15)/t7-,8+,9+. The number of aliphatic carboxylic acids is 1. The van der Waals surface area contributed by atoms with E-state index in [-0.39, 0.29) is 23.8 Å². The van der Waals surface area contributed by atoms with Gasteiger partial charge in [-0.1, -0.05) is 6.92 Å². The minimum Gasteiger partial charge on any atom is -0.481 e. The summed E-state index contributed by atoms with van der Waals surface area (Å²) in [5, 5.41) is 8.87. The lowest BCUT2D eigenvalue weighted by atomic mass is 10.1. The lowest BCUT2D eigenvalue weighted by molar-refractivity contribution is -0.139. The Morgan fingerprint density at radius 3 is 2.29 bits per heavy atom. The van der Waals surface area contributed by atoms with Gasteiger partial charge in [-0.05, 0) is 32.1 Å². The lowest BCUT2D eigenvalue weighted by Crippen LogP contribution is -2.38. The molecule has 3 atom stereocenters. The normalized spacial score (nSPS) is 31.0. The Morgan fingerprint density at radius 1 is 1.35 bits per heavy atom. The number of likely N-dealkylation sites (tertiary alicyclic amines) is 1. The molecule has 1 heterocycles. The molecular weight excluding hydrogens is 222 g/mol. The van der Waals surface area contributed by atoms with Crippen LogP contribution >= 0.6 is 0 Å². The fraction of sp³-hybridized carbons (Fsp3) is 0.833. The number of ether oxygens (including phenoxy) is 1. The summed E-state index contributed by atoms with van der Waals surface area (Å²) >= 11 is 0. The van der Waals surface area contributed by atoms with Gasteiger partial charge in [0.15, 0.2) is 0 Å². The molecule has 1 saturated carbocycles. The van der Waals surface area contributed by atoms with E-state index in [1.807, 2.05) is 20.8 Å². The van der Waals surface area contributed by atoms with Crippen molar-refractivity contribution in [2.75, 3.05) is 13.1 Å². The lowest BCUT2D eigenvalue weighted by Gasteiger charge is -2.27. The highest BCUT2D eigenvalue weighted by Crippen LogP contribution is 2.51. The predicted molar refractivity (Wildman–Crippen MR) is 60.5 cm³/mol. The molecule has 0 spiro atoms. The van der Waals surface area contributed by atoms with Gasteiger partial charge < -0.3 is 14.7 Å². The molecule has 1 amide bonds. The molecule has 17 heavy (non-hydrogen) atoms. The minimum atomic E-state index is -0.734. The Kier molecular flexibility index (Phi) is 2.79. The van der Waals surface area contributed by atoms with Gasteiger partial charge in [-0.15, -0.1) is 0 Å². The van der Waals surface area contributed by atoms with Crippen LogP contribution in [-0.4, -0.2) is 40.8 Å². The Hall–Kier alpha value is -1.26. The Bertz CT molecular complexity index is 340. The second-order valence-electron chi connectivity index (χ2n) is 5.58. The zero-order valence-corrected chi connectivity index (χ0v) is 10.5. The predicted octanol–water partition coefficient (Wildman–Crippen LogP) is 1.57. The number of rotatable bonds is 3. The van der Waals surface area contributed by atoms with Gasteiger partial charge in [0.25, 0.3) is 0 Å². The van der Waals surface area contributed by atoms with Gasteiger partial charge in [0.1, 0.15) is 5.60 Å². The van der Waals surface area contributed by atoms with E-state index in [1.54, 1.807) is 4.90 Å². The van der Waals surface area contributed by atoms with Crippen molar-refractivity contribution in [1.82, 2.24) is 4.90 Å². The molecule has 2 fully saturated rings. The molecule has 2 rings (SSSR count). The van der Waals surface area contributed by atoms with E-state index >= 15 is 0 Å². The number of hydrogen-bond donors (Lipinski definition) is 1. The van der Waals surface area contributed by atoms with Crippen molar-refractivity contribution < 1.29 is 19.4 Å². The molecule has 5 nitrogen and oxygen atoms in total. The maximum Gasteiger partial charge on any atom is 0.410 e. The van der Waals surface area contributed by atoms with E-state index < -0.39 is 11.6 Å². The third-order valence-electron chi connectivity index (χ3n) is 3.95. The quantitative estimate of drug-likeness (QED) is 0.814. The van der Waals surface area contributed by atoms with Crippen LogP contribution in [-0.2, 0) is 9.53 Å². The maximum atomic E-state index is 11.8. The molecule has 1 saturated heterocycles. The van der Waals surface area contributed by atoms with E-state index in [0.29, 0.717) is 13.1 Å². The van der Waals surface area contributed by atoms with Gasteiger partial charge in [0, 0.05) is 13.1 Å². The topological polar surface area (TPSA) is 66.8 Å². The highest BCUT2D eigenvalue weighted by Gasteiger charge is 2.61. The molecule has 0 unspecified atom stereocenters. The van der Waals surface area contributed by atoms with Gasteiger partial charge in [-0.2, -0.15) is 0 Å². The van der Waals surface area contributed by atoms with Crippen molar-refractivity contribution in [2.45, 2.75) is 32.8 Å². The van der Waals surface area contributed by atoms with Crippen LogP contribution in [0.1, 0.15) is 27.2 Å². The SMILES string of the molecule is CCC(C)(C)OC(=O)N1C[C@@H]2[C@H](C1)[C@H]2C(=O)O. The van der Waals surface area contributed by atoms with E-state index in [2.05, 4.69) is 0 Å². The molecule has 0 radical (unpaired) electrons. The van der Waals surface area contributed by atoms with Crippen molar-refractivity contribution >= 4 is 12.1 Å². The number of nitrogens with zero attached hydrogens (tertiary/aromatic N) is 1. The summed E-state index contributed by atoms with van der Waals surface area (Å²) in [7, 11) is 0. The zero-order valence-electron chi connectivity index (χ0n) is 10.5. The number of amides is 1. The highest BCUT2D eigenvalue weighted by molar-refractivity contribution is 5.76. The molecule has 0 aromatic rings. The van der Waals surface area contributed by atoms with Crippen molar-refractivity contribution in [3.05, 3.63) is 0 Å². The van der Waals surface area contributed by atoms with Gasteiger partial charge in [0.2, 0.25) is 0 Å². The van der Waals surface area contributed by atoms with Crippen LogP contribution in [0, 0.1) is 17.8 Å². The van der Waals surface area contributed by atoms with Gasteiger partial charge in [-0.25, -0.2) is 4.79 Å². The number of hydrogen-bond acceptors (Lipinski definition) is 3. The van der Waals surface area contributed by atoms with Gasteiger partial charge in [0.05, 0.1) is 5.92 Å². The Labute approximate surface area is 101 Å². The van der Waals surface area contributed by atoms with E-state index in [4.69, 9.17) is 9.84 Å². The molecule has 5 heteroatoms. The van der Waals surface area contributed by atoms with Crippen LogP contribution < -0.4 is 0 Å². The van der Waals surface area contributed by atoms with E-state index in [9.17, 15) is 9.59 Å². The summed E-state index contributed by atoms with van der Waals surface area (Å²) < 4.78 is 5.38.